The number of urea groups is 1. The minimum absolute atomic E-state index is 0.0180. The Bertz CT molecular complexity index is 1380. The molecule has 1 aromatic heterocycles. The largest absolute Gasteiger partial charge is 0.334 e. The van der Waals surface area contributed by atoms with Gasteiger partial charge in [-0.05, 0) is 30.7 Å². The normalized spacial score (nSPS) is 18.9. The minimum atomic E-state index is -0.668. The average Bonchev–Trinajstić information content (AvgIpc) is 2.93. The zero-order valence-corrected chi connectivity index (χ0v) is 21.8. The molecule has 2 aliphatic heterocycles. The maximum absolute atomic E-state index is 13.5. The summed E-state index contributed by atoms with van der Waals surface area (Å²) in [5.41, 5.74) is 2.52. The van der Waals surface area contributed by atoms with Crippen LogP contribution >= 0.6 is 11.6 Å². The third-order valence-electron chi connectivity index (χ3n) is 7.07. The molecule has 0 radical (unpaired) electrons. The Hall–Kier alpha value is -3.95. The Morgan fingerprint density at radius 2 is 1.92 bits per heavy atom. The number of hydrogen-bond donors (Lipinski definition) is 1. The van der Waals surface area contributed by atoms with Gasteiger partial charge in [0.05, 0.1) is 24.6 Å². The molecule has 3 aromatic rings. The van der Waals surface area contributed by atoms with Crippen LogP contribution < -0.4 is 5.32 Å². The first-order valence-corrected chi connectivity index (χ1v) is 12.9. The Kier molecular flexibility index (Phi) is 7.31. The predicted octanol–water partition coefficient (Wildman–Crippen LogP) is 3.57. The first-order chi connectivity index (χ1) is 18.4. The molecule has 10 heteroatoms. The number of piperazine rings is 1. The summed E-state index contributed by atoms with van der Waals surface area (Å²) in [5.74, 6) is -0.397. The second-order valence-corrected chi connectivity index (χ2v) is 9.79. The number of benzene rings is 2. The van der Waals surface area contributed by atoms with Crippen LogP contribution in [0.2, 0.25) is 5.02 Å². The number of carbonyl (C=O) groups excluding carboxylic acids is 3. The molecule has 38 heavy (non-hydrogen) atoms. The molecular weight excluding hydrogens is 504 g/mol. The van der Waals surface area contributed by atoms with Crippen LogP contribution in [-0.4, -0.2) is 75.0 Å². The number of halogens is 1. The summed E-state index contributed by atoms with van der Waals surface area (Å²) in [4.78, 5) is 47.7. The van der Waals surface area contributed by atoms with E-state index in [-0.39, 0.29) is 43.5 Å². The van der Waals surface area contributed by atoms with E-state index in [1.54, 1.807) is 33.3 Å². The number of aromatic nitrogens is 1. The van der Waals surface area contributed by atoms with Crippen molar-refractivity contribution in [2.75, 3.05) is 26.2 Å². The van der Waals surface area contributed by atoms with Gasteiger partial charge in [-0.1, -0.05) is 54.1 Å². The lowest BCUT2D eigenvalue weighted by Gasteiger charge is -2.53. The molecule has 2 aliphatic rings. The van der Waals surface area contributed by atoms with Gasteiger partial charge in [-0.2, -0.15) is 0 Å². The Morgan fingerprint density at radius 1 is 1.13 bits per heavy atom. The maximum Gasteiger partial charge on any atom is 0.334 e. The summed E-state index contributed by atoms with van der Waals surface area (Å²) in [6.07, 6.45) is 2.68. The van der Waals surface area contributed by atoms with Crippen molar-refractivity contribution in [2.24, 2.45) is 0 Å². The molecule has 2 fully saturated rings. The Balaban J connectivity index is 1.45. The zero-order valence-electron chi connectivity index (χ0n) is 21.1. The molecule has 2 saturated heterocycles. The molecule has 9 nitrogen and oxygen atoms in total. The van der Waals surface area contributed by atoms with Gasteiger partial charge in [0.1, 0.15) is 12.7 Å². The van der Waals surface area contributed by atoms with Crippen molar-refractivity contribution >= 4 is 40.3 Å². The first-order valence-electron chi connectivity index (χ1n) is 12.5. The lowest BCUT2D eigenvalue weighted by atomic mass is 10.0. The van der Waals surface area contributed by atoms with Crippen LogP contribution in [0.3, 0.4) is 0 Å². The molecule has 2 aromatic carbocycles. The highest BCUT2D eigenvalue weighted by Crippen LogP contribution is 2.33. The van der Waals surface area contributed by atoms with Crippen molar-refractivity contribution in [3.8, 4) is 0 Å². The van der Waals surface area contributed by atoms with Gasteiger partial charge < -0.3 is 15.1 Å². The fraction of sp³-hybridized carbons (Fsp3) is 0.286. The predicted molar refractivity (Wildman–Crippen MR) is 145 cm³/mol. The number of nitrogens with one attached hydrogen (secondary N) is 1. The van der Waals surface area contributed by atoms with Gasteiger partial charge in [0.25, 0.3) is 0 Å². The van der Waals surface area contributed by atoms with E-state index < -0.39 is 6.17 Å². The van der Waals surface area contributed by atoms with Gasteiger partial charge in [0, 0.05) is 35.3 Å². The van der Waals surface area contributed by atoms with Crippen LogP contribution in [-0.2, 0) is 16.1 Å². The van der Waals surface area contributed by atoms with Crippen LogP contribution in [0.1, 0.15) is 24.1 Å². The van der Waals surface area contributed by atoms with Gasteiger partial charge in [-0.3, -0.25) is 14.6 Å². The summed E-state index contributed by atoms with van der Waals surface area (Å²) >= 11 is 6.40. The second-order valence-electron chi connectivity index (χ2n) is 9.39. The van der Waals surface area contributed by atoms with E-state index >= 15 is 0 Å². The van der Waals surface area contributed by atoms with E-state index in [0.717, 1.165) is 16.5 Å². The summed E-state index contributed by atoms with van der Waals surface area (Å²) in [7, 11) is 0. The van der Waals surface area contributed by atoms with Gasteiger partial charge in [0.2, 0.25) is 11.8 Å². The van der Waals surface area contributed by atoms with Crippen molar-refractivity contribution in [3.05, 3.63) is 89.6 Å². The standard InChI is InChI=1S/C28H29ClN6O3/c1-3-14-32-17-25(36)34-18-26(37)33(19(2)21-11-12-23(29)22-10-7-13-30-27(21)22)16-24(34)35(32)28(38)31-15-20-8-5-4-6-9-20/h3-13,19,24H,1,14-18H2,2H3,(H,31,38). The van der Waals surface area contributed by atoms with Crippen molar-refractivity contribution in [3.63, 3.8) is 0 Å². The monoisotopic (exact) mass is 532 g/mol. The van der Waals surface area contributed by atoms with Crippen molar-refractivity contribution in [1.82, 2.24) is 30.1 Å². The number of hydrogen-bond acceptors (Lipinski definition) is 5. The van der Waals surface area contributed by atoms with E-state index in [1.807, 2.05) is 55.5 Å². The summed E-state index contributed by atoms with van der Waals surface area (Å²) in [6, 6.07) is 16.3. The van der Waals surface area contributed by atoms with Gasteiger partial charge >= 0.3 is 6.03 Å². The molecule has 0 aliphatic carbocycles. The second kappa shape index (κ2) is 10.8. The number of amides is 4. The smallest absolute Gasteiger partial charge is 0.333 e. The fourth-order valence-electron chi connectivity index (χ4n) is 5.15. The van der Waals surface area contributed by atoms with Crippen LogP contribution in [0.5, 0.6) is 0 Å². The molecule has 0 spiro atoms. The molecule has 4 amide bonds. The van der Waals surface area contributed by atoms with Crippen LogP contribution in [0.25, 0.3) is 10.9 Å². The lowest BCUT2D eigenvalue weighted by molar-refractivity contribution is -0.182. The minimum Gasteiger partial charge on any atom is -0.333 e. The number of hydrazine groups is 1. The van der Waals surface area contributed by atoms with Crippen molar-refractivity contribution in [2.45, 2.75) is 25.7 Å². The first kappa shape index (κ1) is 25.7. The topological polar surface area (TPSA) is 89.1 Å². The molecule has 1 N–H and O–H groups in total. The zero-order chi connectivity index (χ0) is 26.8. The molecule has 0 saturated carbocycles. The fourth-order valence-corrected chi connectivity index (χ4v) is 5.37. The average molecular weight is 533 g/mol. The van der Waals surface area contributed by atoms with Crippen molar-refractivity contribution in [1.29, 1.82) is 0 Å². The number of rotatable bonds is 6. The Labute approximate surface area is 226 Å². The highest BCUT2D eigenvalue weighted by atomic mass is 35.5. The Morgan fingerprint density at radius 3 is 2.68 bits per heavy atom. The molecule has 3 heterocycles. The molecule has 196 valence electrons. The molecular formula is C28H29ClN6O3. The quantitative estimate of drug-likeness (QED) is 0.490. The van der Waals surface area contributed by atoms with E-state index in [9.17, 15) is 14.4 Å². The summed E-state index contributed by atoms with van der Waals surface area (Å²) in [5, 5.41) is 7.58. The van der Waals surface area contributed by atoms with Crippen molar-refractivity contribution < 1.29 is 14.4 Å². The lowest BCUT2D eigenvalue weighted by Crippen LogP contribution is -2.74. The number of carbonyl (C=O) groups is 3. The van der Waals surface area contributed by atoms with E-state index in [4.69, 9.17) is 11.6 Å². The number of pyridine rings is 1. The molecule has 2 unspecified atom stereocenters. The summed E-state index contributed by atoms with van der Waals surface area (Å²) < 4.78 is 0. The molecule has 5 rings (SSSR count). The van der Waals surface area contributed by atoms with E-state index in [1.165, 1.54) is 4.90 Å². The number of nitrogens with zero attached hydrogens (tertiary/aromatic N) is 5. The molecule has 2 atom stereocenters. The maximum atomic E-state index is 13.5. The van der Waals surface area contributed by atoms with Gasteiger partial charge in [-0.25, -0.2) is 14.8 Å². The van der Waals surface area contributed by atoms with Crippen LogP contribution in [0, 0.1) is 0 Å². The van der Waals surface area contributed by atoms with Crippen LogP contribution in [0.15, 0.2) is 73.4 Å². The number of fused-ring (bicyclic) bond motifs is 2. The SMILES string of the molecule is C=CCN1CC(=O)N2CC(=O)N(C(C)c3ccc(Cl)c4cccnc34)CC2N1C(=O)NCc1ccccc1. The highest BCUT2D eigenvalue weighted by Gasteiger charge is 2.47. The summed E-state index contributed by atoms with van der Waals surface area (Å²) in [6.45, 7) is 6.38. The highest BCUT2D eigenvalue weighted by molar-refractivity contribution is 6.35. The van der Waals surface area contributed by atoms with E-state index in [2.05, 4.69) is 16.9 Å². The van der Waals surface area contributed by atoms with Gasteiger partial charge in [0.15, 0.2) is 0 Å². The molecule has 0 bridgehead atoms. The van der Waals surface area contributed by atoms with Crippen LogP contribution in [0.4, 0.5) is 4.79 Å². The third-order valence-corrected chi connectivity index (χ3v) is 7.40. The van der Waals surface area contributed by atoms with Gasteiger partial charge in [-0.15, -0.1) is 6.58 Å². The third kappa shape index (κ3) is 4.82. The van der Waals surface area contributed by atoms with E-state index in [0.29, 0.717) is 23.6 Å².